The number of thioether (sulfide) groups is 1. The van der Waals surface area contributed by atoms with Gasteiger partial charge in [-0.2, -0.15) is 13.2 Å². The van der Waals surface area contributed by atoms with Crippen LogP contribution < -0.4 is 19.8 Å². The third-order valence-electron chi connectivity index (χ3n) is 7.33. The third kappa shape index (κ3) is 5.01. The molecule has 4 aromatic rings. The summed E-state index contributed by atoms with van der Waals surface area (Å²) >= 11 is 1.75. The number of hydrogen-bond donors (Lipinski definition) is 1. The number of carbonyl (C=O) groups is 3. The van der Waals surface area contributed by atoms with Crippen LogP contribution in [0.2, 0.25) is 0 Å². The van der Waals surface area contributed by atoms with Gasteiger partial charge in [0.25, 0.3) is 0 Å². The standard InChI is InChI=1S/C30H22F3N3O5S2/c1-41-20-14-8-5-11-17(20)22-23-24(27(39)36(26(23)38)19-13-7-6-12-18(19)30(31,32)33)42-28-25(22)43-29(40)35(28)15-21(37)34-16-9-3-2-4-10-16/h2-14,22-24H,15H2,1H3,(H,34,37)/t22-,23-,24+/m0/s1. The minimum atomic E-state index is -4.81. The van der Waals surface area contributed by atoms with Crippen LogP contribution in [0.5, 0.6) is 5.75 Å². The maximum Gasteiger partial charge on any atom is 0.418 e. The van der Waals surface area contributed by atoms with E-state index in [-0.39, 0.29) is 6.54 Å². The Labute approximate surface area is 251 Å². The number of alkyl halides is 3. The van der Waals surface area contributed by atoms with Gasteiger partial charge >= 0.3 is 11.0 Å². The number of benzene rings is 3. The predicted molar refractivity (Wildman–Crippen MR) is 156 cm³/mol. The van der Waals surface area contributed by atoms with Gasteiger partial charge in [0, 0.05) is 22.0 Å². The minimum absolute atomic E-state index is 0.308. The number of amides is 3. The number of thiazole rings is 1. The molecule has 3 amide bonds. The van der Waals surface area contributed by atoms with Crippen molar-refractivity contribution >= 4 is 52.2 Å². The summed E-state index contributed by atoms with van der Waals surface area (Å²) in [6.07, 6.45) is -4.81. The number of anilines is 2. The zero-order valence-corrected chi connectivity index (χ0v) is 24.0. The predicted octanol–water partition coefficient (Wildman–Crippen LogP) is 5.37. The van der Waals surface area contributed by atoms with Gasteiger partial charge in [-0.25, -0.2) is 4.90 Å². The van der Waals surface area contributed by atoms with Gasteiger partial charge in [0.1, 0.15) is 17.5 Å². The fraction of sp³-hybridized carbons (Fsp3) is 0.200. The Bertz CT molecular complexity index is 1800. The lowest BCUT2D eigenvalue weighted by Gasteiger charge is -2.31. The molecule has 3 heterocycles. The summed E-state index contributed by atoms with van der Waals surface area (Å²) < 4.78 is 48.7. The van der Waals surface area contributed by atoms with Gasteiger partial charge in [-0.15, -0.1) is 0 Å². The molecule has 220 valence electrons. The normalized spacial score (nSPS) is 19.6. The number of nitrogens with zero attached hydrogens (tertiary/aromatic N) is 2. The topological polar surface area (TPSA) is 97.7 Å². The average Bonchev–Trinajstić information content (AvgIpc) is 3.43. The van der Waals surface area contributed by atoms with Crippen LogP contribution in [0.1, 0.15) is 21.9 Å². The van der Waals surface area contributed by atoms with Crippen LogP contribution in [0.4, 0.5) is 24.5 Å². The lowest BCUT2D eigenvalue weighted by molar-refractivity contribution is -0.137. The van der Waals surface area contributed by atoms with Crippen molar-refractivity contribution in [3.63, 3.8) is 0 Å². The molecule has 0 aliphatic carbocycles. The van der Waals surface area contributed by atoms with Gasteiger partial charge in [0.05, 0.1) is 29.3 Å². The number of ether oxygens (including phenoxy) is 1. The summed E-state index contributed by atoms with van der Waals surface area (Å²) in [6, 6.07) is 19.9. The Hall–Kier alpha value is -4.36. The maximum atomic E-state index is 14.0. The van der Waals surface area contributed by atoms with E-state index in [0.717, 1.165) is 35.2 Å². The highest BCUT2D eigenvalue weighted by Gasteiger charge is 2.58. The van der Waals surface area contributed by atoms with Crippen molar-refractivity contribution in [3.8, 4) is 5.75 Å². The Kier molecular flexibility index (Phi) is 7.38. The van der Waals surface area contributed by atoms with E-state index in [1.807, 2.05) is 0 Å². The molecule has 1 fully saturated rings. The molecule has 8 nitrogen and oxygen atoms in total. The minimum Gasteiger partial charge on any atom is -0.496 e. The molecule has 3 aromatic carbocycles. The molecule has 1 aromatic heterocycles. The molecule has 0 unspecified atom stereocenters. The SMILES string of the molecule is COc1ccccc1[C@@H]1c2sc(=O)n(CC(=O)Nc3ccccc3)c2S[C@H]2C(=O)N(c3ccccc3C(F)(F)F)C(=O)[C@@H]12. The lowest BCUT2D eigenvalue weighted by Crippen LogP contribution is -2.33. The van der Waals surface area contributed by atoms with Crippen molar-refractivity contribution < 1.29 is 32.3 Å². The van der Waals surface area contributed by atoms with Crippen molar-refractivity contribution in [1.29, 1.82) is 0 Å². The van der Waals surface area contributed by atoms with Crippen molar-refractivity contribution in [2.24, 2.45) is 5.92 Å². The van der Waals surface area contributed by atoms with Crippen LogP contribution >= 0.6 is 23.1 Å². The molecule has 2 aliphatic heterocycles. The van der Waals surface area contributed by atoms with Gasteiger partial charge in [-0.1, -0.05) is 71.6 Å². The number of rotatable bonds is 6. The second-order valence-corrected chi connectivity index (χ2v) is 12.0. The van der Waals surface area contributed by atoms with E-state index in [4.69, 9.17) is 4.74 Å². The summed E-state index contributed by atoms with van der Waals surface area (Å²) in [6.45, 7) is -0.370. The second-order valence-electron chi connectivity index (χ2n) is 9.85. The number of para-hydroxylation sites is 3. The molecule has 13 heteroatoms. The van der Waals surface area contributed by atoms with E-state index < -0.39 is 57.1 Å². The molecule has 1 N–H and O–H groups in total. The highest BCUT2D eigenvalue weighted by atomic mass is 32.2. The second kappa shape index (κ2) is 11.0. The summed E-state index contributed by atoms with van der Waals surface area (Å²) in [5, 5.41) is 1.88. The van der Waals surface area contributed by atoms with Crippen LogP contribution in [0.25, 0.3) is 0 Å². The molecular weight excluding hydrogens is 603 g/mol. The van der Waals surface area contributed by atoms with Gasteiger partial charge in [0.2, 0.25) is 17.7 Å². The summed E-state index contributed by atoms with van der Waals surface area (Å²) in [7, 11) is 1.43. The molecule has 3 atom stereocenters. The lowest BCUT2D eigenvalue weighted by atomic mass is 9.82. The molecule has 1 saturated heterocycles. The Morgan fingerprint density at radius 3 is 2.33 bits per heavy atom. The Balaban J connectivity index is 1.47. The van der Waals surface area contributed by atoms with Gasteiger partial charge in [-0.05, 0) is 30.3 Å². The number of methoxy groups -OCH3 is 1. The van der Waals surface area contributed by atoms with E-state index in [1.54, 1.807) is 54.6 Å². The number of imide groups is 1. The number of carbonyl (C=O) groups excluding carboxylic acids is 3. The quantitative estimate of drug-likeness (QED) is 0.290. The Morgan fingerprint density at radius 2 is 1.60 bits per heavy atom. The van der Waals surface area contributed by atoms with Crippen LogP contribution in [-0.2, 0) is 27.1 Å². The van der Waals surface area contributed by atoms with Gasteiger partial charge in [-0.3, -0.25) is 23.7 Å². The van der Waals surface area contributed by atoms with Crippen LogP contribution in [-0.4, -0.2) is 34.6 Å². The van der Waals surface area contributed by atoms with Crippen molar-refractivity contribution in [2.75, 3.05) is 17.3 Å². The first-order valence-electron chi connectivity index (χ1n) is 13.0. The monoisotopic (exact) mass is 625 g/mol. The van der Waals surface area contributed by atoms with E-state index in [1.165, 1.54) is 23.8 Å². The number of hydrogen-bond acceptors (Lipinski definition) is 7. The molecule has 6 rings (SSSR count). The van der Waals surface area contributed by atoms with Crippen LogP contribution in [0.3, 0.4) is 0 Å². The zero-order chi connectivity index (χ0) is 30.5. The zero-order valence-electron chi connectivity index (χ0n) is 22.3. The number of nitrogens with one attached hydrogen (secondary N) is 1. The van der Waals surface area contributed by atoms with Gasteiger partial charge < -0.3 is 10.1 Å². The van der Waals surface area contributed by atoms with Crippen LogP contribution in [0, 0.1) is 5.92 Å². The van der Waals surface area contributed by atoms with E-state index in [0.29, 0.717) is 31.8 Å². The summed E-state index contributed by atoms with van der Waals surface area (Å²) in [4.78, 5) is 54.7. The fourth-order valence-electron chi connectivity index (χ4n) is 5.53. The number of halogens is 3. The van der Waals surface area contributed by atoms with E-state index in [2.05, 4.69) is 5.32 Å². The highest BCUT2D eigenvalue weighted by molar-refractivity contribution is 8.00. The molecule has 0 radical (unpaired) electrons. The molecule has 0 spiro atoms. The van der Waals surface area contributed by atoms with Crippen molar-refractivity contribution in [3.05, 3.63) is 105 Å². The average molecular weight is 626 g/mol. The van der Waals surface area contributed by atoms with Gasteiger partial charge in [0.15, 0.2) is 0 Å². The number of aromatic nitrogens is 1. The smallest absolute Gasteiger partial charge is 0.418 e. The maximum absolute atomic E-state index is 14.0. The summed E-state index contributed by atoms with van der Waals surface area (Å²) in [5.74, 6) is -3.77. The van der Waals surface area contributed by atoms with Crippen molar-refractivity contribution in [1.82, 2.24) is 4.57 Å². The molecule has 0 bridgehead atoms. The van der Waals surface area contributed by atoms with Crippen molar-refractivity contribution in [2.45, 2.75) is 28.9 Å². The summed E-state index contributed by atoms with van der Waals surface area (Å²) in [5.41, 5.74) is -0.643. The Morgan fingerprint density at radius 1 is 0.930 bits per heavy atom. The first kappa shape index (κ1) is 28.7. The highest BCUT2D eigenvalue weighted by Crippen LogP contribution is 2.55. The number of fused-ring (bicyclic) bond motifs is 2. The first-order chi connectivity index (χ1) is 20.6. The van der Waals surface area contributed by atoms with E-state index >= 15 is 0 Å². The first-order valence-corrected chi connectivity index (χ1v) is 14.7. The third-order valence-corrected chi connectivity index (χ3v) is 9.94. The molecule has 2 aliphatic rings. The van der Waals surface area contributed by atoms with Crippen LogP contribution in [0.15, 0.2) is 88.7 Å². The molecule has 43 heavy (non-hydrogen) atoms. The fourth-order valence-corrected chi connectivity index (χ4v) is 8.29. The van der Waals surface area contributed by atoms with E-state index in [9.17, 15) is 32.3 Å². The largest absolute Gasteiger partial charge is 0.496 e. The molecular formula is C30H22F3N3O5S2. The molecule has 0 saturated carbocycles.